The molecular weight excluding hydrogens is 188 g/mol. The lowest BCUT2D eigenvalue weighted by Gasteiger charge is -2.45. The lowest BCUT2D eigenvalue weighted by atomic mass is 9.60. The average Bonchev–Trinajstić information content (AvgIpc) is 2.20. The number of fused-ring (bicyclic) bond motifs is 2. The number of carbonyl (C=O) groups excluding carboxylic acids is 1. The Balaban J connectivity index is 2.35. The molecule has 1 fully saturated rings. The van der Waals surface area contributed by atoms with Crippen molar-refractivity contribution in [1.29, 1.82) is 0 Å². The molecule has 0 radical (unpaired) electrons. The zero-order valence-corrected chi connectivity index (χ0v) is 9.67. The quantitative estimate of drug-likeness (QED) is 0.394. The van der Waals surface area contributed by atoms with Crippen LogP contribution in [-0.4, -0.2) is 6.47 Å². The third-order valence-corrected chi connectivity index (χ3v) is 4.12. The molecule has 2 atom stereocenters. The van der Waals surface area contributed by atoms with Gasteiger partial charge >= 0.3 is 0 Å². The van der Waals surface area contributed by atoms with E-state index in [0.29, 0.717) is 17.8 Å². The fraction of sp³-hybridized carbons (Fsp3) is 0.615. The Morgan fingerprint density at radius 1 is 1.67 bits per heavy atom. The highest BCUT2D eigenvalue weighted by molar-refractivity contribution is 5.42. The molecule has 15 heavy (non-hydrogen) atoms. The minimum absolute atomic E-state index is 0.303. The highest BCUT2D eigenvalue weighted by Gasteiger charge is 2.40. The fourth-order valence-corrected chi connectivity index (χ4v) is 2.85. The summed E-state index contributed by atoms with van der Waals surface area (Å²) in [6.45, 7) is 6.96. The molecule has 3 rings (SSSR count). The van der Waals surface area contributed by atoms with Crippen molar-refractivity contribution in [3.8, 4) is 0 Å². The average molecular weight is 206 g/mol. The number of ether oxygens (including phenoxy) is 1. The van der Waals surface area contributed by atoms with Crippen LogP contribution in [0.25, 0.3) is 0 Å². The van der Waals surface area contributed by atoms with E-state index in [-0.39, 0.29) is 0 Å². The summed E-state index contributed by atoms with van der Waals surface area (Å²) in [7, 11) is 0. The van der Waals surface area contributed by atoms with Gasteiger partial charge in [-0.2, -0.15) is 0 Å². The number of hydrogen-bond donors (Lipinski definition) is 0. The van der Waals surface area contributed by atoms with E-state index in [0.717, 1.165) is 12.2 Å². The van der Waals surface area contributed by atoms with Crippen LogP contribution in [0.15, 0.2) is 23.0 Å². The molecule has 0 aromatic heterocycles. The van der Waals surface area contributed by atoms with Crippen molar-refractivity contribution in [3.05, 3.63) is 23.0 Å². The molecule has 0 saturated heterocycles. The largest absolute Gasteiger partial charge is 0.434 e. The van der Waals surface area contributed by atoms with Gasteiger partial charge in [-0.15, -0.1) is 0 Å². The van der Waals surface area contributed by atoms with Crippen molar-refractivity contribution in [3.63, 3.8) is 0 Å². The maximum absolute atomic E-state index is 10.3. The summed E-state index contributed by atoms with van der Waals surface area (Å²) >= 11 is 0. The van der Waals surface area contributed by atoms with Gasteiger partial charge < -0.3 is 4.74 Å². The number of hydrogen-bond acceptors (Lipinski definition) is 2. The maximum atomic E-state index is 10.3. The summed E-state index contributed by atoms with van der Waals surface area (Å²) < 4.78 is 4.98. The predicted octanol–water partition coefficient (Wildman–Crippen LogP) is 3.20. The second kappa shape index (κ2) is 3.51. The Morgan fingerprint density at radius 3 is 2.93 bits per heavy atom. The van der Waals surface area contributed by atoms with E-state index >= 15 is 0 Å². The van der Waals surface area contributed by atoms with Gasteiger partial charge in [0.2, 0.25) is 0 Å². The Morgan fingerprint density at radius 2 is 2.40 bits per heavy atom. The SMILES string of the molecule is CC1=CC2CCC1(C)C/C2=C(\C)OC=O. The second-order valence-electron chi connectivity index (χ2n) is 5.03. The summed E-state index contributed by atoms with van der Waals surface area (Å²) in [5.41, 5.74) is 3.13. The van der Waals surface area contributed by atoms with Crippen molar-refractivity contribution < 1.29 is 9.53 Å². The number of rotatable bonds is 2. The molecule has 82 valence electrons. The van der Waals surface area contributed by atoms with Crippen LogP contribution in [0.1, 0.15) is 40.0 Å². The van der Waals surface area contributed by atoms with E-state index in [9.17, 15) is 4.79 Å². The van der Waals surface area contributed by atoms with Gasteiger partial charge in [-0.25, -0.2) is 0 Å². The van der Waals surface area contributed by atoms with E-state index in [4.69, 9.17) is 4.74 Å². The number of allylic oxidation sites excluding steroid dienone is 4. The fourth-order valence-electron chi connectivity index (χ4n) is 2.85. The predicted molar refractivity (Wildman–Crippen MR) is 59.1 cm³/mol. The van der Waals surface area contributed by atoms with E-state index in [1.54, 1.807) is 0 Å². The molecule has 3 aliphatic rings. The van der Waals surface area contributed by atoms with Crippen LogP contribution in [0.4, 0.5) is 0 Å². The lowest BCUT2D eigenvalue weighted by molar-refractivity contribution is -0.125. The first-order valence-electron chi connectivity index (χ1n) is 5.56. The van der Waals surface area contributed by atoms with Crippen molar-refractivity contribution in [2.45, 2.75) is 40.0 Å². The maximum Gasteiger partial charge on any atom is 0.298 e. The highest BCUT2D eigenvalue weighted by atomic mass is 16.5. The molecule has 2 unspecified atom stereocenters. The minimum atomic E-state index is 0.303. The monoisotopic (exact) mass is 206 g/mol. The first-order chi connectivity index (χ1) is 7.07. The number of carbonyl (C=O) groups is 1. The van der Waals surface area contributed by atoms with Crippen LogP contribution in [-0.2, 0) is 9.53 Å². The zero-order valence-electron chi connectivity index (χ0n) is 9.67. The van der Waals surface area contributed by atoms with Gasteiger partial charge in [0.25, 0.3) is 6.47 Å². The van der Waals surface area contributed by atoms with Crippen LogP contribution in [0.3, 0.4) is 0 Å². The van der Waals surface area contributed by atoms with Gasteiger partial charge in [-0.1, -0.05) is 18.6 Å². The van der Waals surface area contributed by atoms with Crippen molar-refractivity contribution in [1.82, 2.24) is 0 Å². The van der Waals surface area contributed by atoms with Gasteiger partial charge in [0.1, 0.15) is 5.76 Å². The first kappa shape index (κ1) is 10.5. The van der Waals surface area contributed by atoms with E-state index in [2.05, 4.69) is 19.9 Å². The second-order valence-corrected chi connectivity index (χ2v) is 5.03. The first-order valence-corrected chi connectivity index (χ1v) is 5.56. The Bertz CT molecular complexity index is 352. The highest BCUT2D eigenvalue weighted by Crippen LogP contribution is 2.52. The molecule has 0 amide bonds. The Hall–Kier alpha value is -1.05. The molecule has 0 aromatic carbocycles. The third-order valence-electron chi connectivity index (χ3n) is 4.12. The molecule has 3 aliphatic carbocycles. The normalized spacial score (nSPS) is 37.3. The molecule has 0 aromatic rings. The van der Waals surface area contributed by atoms with Gasteiger partial charge in [0, 0.05) is 5.92 Å². The smallest absolute Gasteiger partial charge is 0.298 e. The van der Waals surface area contributed by atoms with Crippen LogP contribution in [0.5, 0.6) is 0 Å². The van der Waals surface area contributed by atoms with Gasteiger partial charge in [0.15, 0.2) is 0 Å². The van der Waals surface area contributed by atoms with Crippen molar-refractivity contribution in [2.24, 2.45) is 11.3 Å². The van der Waals surface area contributed by atoms with Crippen LogP contribution < -0.4 is 0 Å². The van der Waals surface area contributed by atoms with Crippen LogP contribution in [0.2, 0.25) is 0 Å². The van der Waals surface area contributed by atoms with E-state index in [1.807, 2.05) is 6.92 Å². The topological polar surface area (TPSA) is 26.3 Å². The van der Waals surface area contributed by atoms with Gasteiger partial charge in [-0.05, 0) is 44.1 Å². The molecule has 0 heterocycles. The molecule has 0 N–H and O–H groups in total. The molecule has 2 bridgehead atoms. The Labute approximate surface area is 91.0 Å². The molecular formula is C13H18O2. The Kier molecular flexibility index (Phi) is 2.45. The summed E-state index contributed by atoms with van der Waals surface area (Å²) in [6, 6.07) is 0. The van der Waals surface area contributed by atoms with Gasteiger partial charge in [-0.3, -0.25) is 4.79 Å². The van der Waals surface area contributed by atoms with Crippen molar-refractivity contribution in [2.75, 3.05) is 0 Å². The standard InChI is InChI=1S/C13H18O2/c1-9-6-11-4-5-13(9,3)7-12(11)10(2)15-8-14/h6,8,11H,4-5,7H2,1-3H3/b12-10-. The van der Waals surface area contributed by atoms with E-state index < -0.39 is 0 Å². The summed E-state index contributed by atoms with van der Waals surface area (Å²) in [5.74, 6) is 1.32. The molecule has 2 heteroatoms. The molecule has 2 nitrogen and oxygen atoms in total. The van der Waals surface area contributed by atoms with Crippen LogP contribution >= 0.6 is 0 Å². The van der Waals surface area contributed by atoms with Crippen LogP contribution in [0, 0.1) is 11.3 Å². The van der Waals surface area contributed by atoms with Crippen molar-refractivity contribution >= 4 is 6.47 Å². The minimum Gasteiger partial charge on any atom is -0.434 e. The lowest BCUT2D eigenvalue weighted by Crippen LogP contribution is -2.33. The molecule has 0 aliphatic heterocycles. The third kappa shape index (κ3) is 1.62. The van der Waals surface area contributed by atoms with E-state index in [1.165, 1.54) is 24.0 Å². The summed E-state index contributed by atoms with van der Waals surface area (Å²) in [5, 5.41) is 0. The molecule has 1 saturated carbocycles. The summed E-state index contributed by atoms with van der Waals surface area (Å²) in [4.78, 5) is 10.3. The summed E-state index contributed by atoms with van der Waals surface area (Å²) in [6.07, 6.45) is 5.86. The molecule has 0 spiro atoms. The zero-order chi connectivity index (χ0) is 11.1. The van der Waals surface area contributed by atoms with Gasteiger partial charge in [0.05, 0.1) is 0 Å².